The third-order valence-electron chi connectivity index (χ3n) is 2.55. The summed E-state index contributed by atoms with van der Waals surface area (Å²) < 4.78 is 28.5. The number of rotatable bonds is 5. The van der Waals surface area contributed by atoms with Crippen LogP contribution in [0.2, 0.25) is 0 Å². The number of hydrogen-bond acceptors (Lipinski definition) is 4. The normalized spacial score (nSPS) is 13.3. The number of aromatic hydroxyl groups is 1. The van der Waals surface area contributed by atoms with Gasteiger partial charge < -0.3 is 9.67 Å². The van der Waals surface area contributed by atoms with Gasteiger partial charge in [0.05, 0.1) is 6.33 Å². The Labute approximate surface area is 111 Å². The molecule has 0 spiro atoms. The van der Waals surface area contributed by atoms with E-state index >= 15 is 0 Å². The number of sulfonamides is 1. The number of phenolic OH excluding ortho intramolecular Hbond substituents is 1. The molecule has 0 fully saturated rings. The second-order valence-electron chi connectivity index (χ2n) is 4.25. The summed E-state index contributed by atoms with van der Waals surface area (Å²) in [6, 6.07) is 5.52. The van der Waals surface area contributed by atoms with Crippen LogP contribution in [0.15, 0.2) is 47.9 Å². The Morgan fingerprint density at radius 2 is 2.16 bits per heavy atom. The van der Waals surface area contributed by atoms with Crippen LogP contribution in [0.1, 0.15) is 6.92 Å². The van der Waals surface area contributed by atoms with Crippen LogP contribution >= 0.6 is 0 Å². The first kappa shape index (κ1) is 13.6. The highest BCUT2D eigenvalue weighted by atomic mass is 32.2. The Kier molecular flexibility index (Phi) is 3.87. The molecular weight excluding hydrogens is 266 g/mol. The molecule has 2 aromatic rings. The SMILES string of the molecule is CC(Cn1ccnc1)NS(=O)(=O)c1ccccc1O. The molecule has 0 saturated heterocycles. The minimum Gasteiger partial charge on any atom is -0.507 e. The quantitative estimate of drug-likeness (QED) is 0.855. The topological polar surface area (TPSA) is 84.2 Å². The lowest BCUT2D eigenvalue weighted by atomic mass is 10.3. The highest BCUT2D eigenvalue weighted by Gasteiger charge is 2.20. The van der Waals surface area contributed by atoms with Crippen molar-refractivity contribution in [1.82, 2.24) is 14.3 Å². The molecule has 1 aromatic carbocycles. The van der Waals surface area contributed by atoms with Gasteiger partial charge in [-0.05, 0) is 19.1 Å². The summed E-state index contributed by atoms with van der Waals surface area (Å²) in [5, 5.41) is 9.58. The molecule has 7 heteroatoms. The Hall–Kier alpha value is -1.86. The fourth-order valence-corrected chi connectivity index (χ4v) is 3.09. The third-order valence-corrected chi connectivity index (χ3v) is 4.19. The number of imidazole rings is 1. The van der Waals surface area contributed by atoms with Gasteiger partial charge in [-0.1, -0.05) is 12.1 Å². The summed E-state index contributed by atoms with van der Waals surface area (Å²) in [5.41, 5.74) is 0. The minimum absolute atomic E-state index is 0.118. The Morgan fingerprint density at radius 1 is 1.42 bits per heavy atom. The predicted molar refractivity (Wildman–Crippen MR) is 70.1 cm³/mol. The number of benzene rings is 1. The van der Waals surface area contributed by atoms with Gasteiger partial charge in [0, 0.05) is 25.0 Å². The highest BCUT2D eigenvalue weighted by Crippen LogP contribution is 2.21. The van der Waals surface area contributed by atoms with Gasteiger partial charge in [-0.2, -0.15) is 0 Å². The van der Waals surface area contributed by atoms with Gasteiger partial charge >= 0.3 is 0 Å². The van der Waals surface area contributed by atoms with Crippen molar-refractivity contribution < 1.29 is 13.5 Å². The first-order chi connectivity index (χ1) is 8.99. The number of hydrogen-bond donors (Lipinski definition) is 2. The van der Waals surface area contributed by atoms with E-state index in [4.69, 9.17) is 0 Å². The fourth-order valence-electron chi connectivity index (χ4n) is 1.76. The standard InChI is InChI=1S/C12H15N3O3S/c1-10(8-15-7-6-13-9-15)14-19(17,18)12-5-3-2-4-11(12)16/h2-7,9-10,14,16H,8H2,1H3. The fraction of sp³-hybridized carbons (Fsp3) is 0.250. The van der Waals surface area contributed by atoms with Crippen molar-refractivity contribution in [3.8, 4) is 5.75 Å². The van der Waals surface area contributed by atoms with Crippen LogP contribution in [0.25, 0.3) is 0 Å². The maximum Gasteiger partial charge on any atom is 0.244 e. The van der Waals surface area contributed by atoms with E-state index in [2.05, 4.69) is 9.71 Å². The summed E-state index contributed by atoms with van der Waals surface area (Å²) >= 11 is 0. The second kappa shape index (κ2) is 5.41. The molecule has 0 radical (unpaired) electrons. The first-order valence-corrected chi connectivity index (χ1v) is 7.23. The molecule has 2 N–H and O–H groups in total. The van der Waals surface area contributed by atoms with E-state index in [9.17, 15) is 13.5 Å². The average molecular weight is 281 g/mol. The summed E-state index contributed by atoms with van der Waals surface area (Å²) in [6.45, 7) is 2.21. The van der Waals surface area contributed by atoms with Gasteiger partial charge in [0.2, 0.25) is 10.0 Å². The molecule has 0 saturated carbocycles. The first-order valence-electron chi connectivity index (χ1n) is 5.75. The molecule has 0 aliphatic heterocycles. The monoisotopic (exact) mass is 281 g/mol. The zero-order chi connectivity index (χ0) is 13.9. The number of phenols is 1. The number of nitrogens with one attached hydrogen (secondary N) is 1. The van der Waals surface area contributed by atoms with Gasteiger partial charge in [0.15, 0.2) is 0 Å². The molecule has 1 unspecified atom stereocenters. The van der Waals surface area contributed by atoms with E-state index in [0.717, 1.165) is 0 Å². The molecule has 2 rings (SSSR count). The predicted octanol–water partition coefficient (Wildman–Crippen LogP) is 0.956. The van der Waals surface area contributed by atoms with Crippen LogP contribution in [0.3, 0.4) is 0 Å². The molecular formula is C12H15N3O3S. The van der Waals surface area contributed by atoms with Crippen LogP contribution in [0.4, 0.5) is 0 Å². The van der Waals surface area contributed by atoms with Gasteiger partial charge in [-0.15, -0.1) is 0 Å². The molecule has 0 bridgehead atoms. The third kappa shape index (κ3) is 3.33. The second-order valence-corrected chi connectivity index (χ2v) is 5.93. The molecule has 0 amide bonds. The van der Waals surface area contributed by atoms with Crippen LogP contribution in [0, 0.1) is 0 Å². The number of para-hydroxylation sites is 1. The van der Waals surface area contributed by atoms with Gasteiger partial charge in [-0.25, -0.2) is 18.1 Å². The Bertz CT molecular complexity index is 638. The van der Waals surface area contributed by atoms with Crippen molar-refractivity contribution in [2.24, 2.45) is 0 Å². The van der Waals surface area contributed by atoms with E-state index < -0.39 is 10.0 Å². The van der Waals surface area contributed by atoms with Crippen molar-refractivity contribution in [2.45, 2.75) is 24.4 Å². The van der Waals surface area contributed by atoms with Gasteiger partial charge in [-0.3, -0.25) is 0 Å². The smallest absolute Gasteiger partial charge is 0.244 e. The summed E-state index contributed by atoms with van der Waals surface area (Å²) in [6.07, 6.45) is 5.00. The van der Waals surface area contributed by atoms with Crippen LogP contribution in [-0.4, -0.2) is 29.1 Å². The molecule has 0 aliphatic carbocycles. The van der Waals surface area contributed by atoms with E-state index in [1.165, 1.54) is 12.1 Å². The molecule has 0 aliphatic rings. The van der Waals surface area contributed by atoms with Gasteiger partial charge in [0.1, 0.15) is 10.6 Å². The van der Waals surface area contributed by atoms with Gasteiger partial charge in [0.25, 0.3) is 0 Å². The van der Waals surface area contributed by atoms with E-state index in [1.807, 2.05) is 0 Å². The maximum absolute atomic E-state index is 12.1. The van der Waals surface area contributed by atoms with Crippen LogP contribution in [0.5, 0.6) is 5.75 Å². The number of nitrogens with zero attached hydrogens (tertiary/aromatic N) is 2. The summed E-state index contributed by atoms with van der Waals surface area (Å²) in [5.74, 6) is -0.259. The summed E-state index contributed by atoms with van der Waals surface area (Å²) in [4.78, 5) is 3.77. The lowest BCUT2D eigenvalue weighted by molar-refractivity contribution is 0.456. The van der Waals surface area contributed by atoms with Crippen molar-refractivity contribution in [2.75, 3.05) is 0 Å². The molecule has 6 nitrogen and oxygen atoms in total. The molecule has 19 heavy (non-hydrogen) atoms. The average Bonchev–Trinajstić information content (AvgIpc) is 2.81. The van der Waals surface area contributed by atoms with Crippen molar-refractivity contribution >= 4 is 10.0 Å². The maximum atomic E-state index is 12.1. The lowest BCUT2D eigenvalue weighted by Gasteiger charge is -2.15. The Morgan fingerprint density at radius 3 is 2.79 bits per heavy atom. The van der Waals surface area contributed by atoms with Crippen molar-refractivity contribution in [3.63, 3.8) is 0 Å². The summed E-state index contributed by atoms with van der Waals surface area (Å²) in [7, 11) is -3.73. The largest absolute Gasteiger partial charge is 0.507 e. The van der Waals surface area contributed by atoms with E-state index in [-0.39, 0.29) is 16.7 Å². The van der Waals surface area contributed by atoms with Crippen LogP contribution < -0.4 is 4.72 Å². The van der Waals surface area contributed by atoms with Crippen molar-refractivity contribution in [1.29, 1.82) is 0 Å². The van der Waals surface area contributed by atoms with E-state index in [0.29, 0.717) is 6.54 Å². The molecule has 1 aromatic heterocycles. The Balaban J connectivity index is 2.11. The molecule has 102 valence electrons. The van der Waals surface area contributed by atoms with E-state index in [1.54, 1.807) is 42.3 Å². The zero-order valence-corrected chi connectivity index (χ0v) is 11.2. The molecule has 1 atom stereocenters. The molecule has 1 heterocycles. The lowest BCUT2D eigenvalue weighted by Crippen LogP contribution is -2.35. The number of aromatic nitrogens is 2. The zero-order valence-electron chi connectivity index (χ0n) is 10.4. The highest BCUT2D eigenvalue weighted by molar-refractivity contribution is 7.89. The van der Waals surface area contributed by atoms with Crippen LogP contribution in [-0.2, 0) is 16.6 Å². The van der Waals surface area contributed by atoms with Crippen molar-refractivity contribution in [3.05, 3.63) is 43.0 Å². The minimum atomic E-state index is -3.73.